The molecule has 1 aromatic heterocycles. The Bertz CT molecular complexity index is 947. The van der Waals surface area contributed by atoms with Crippen molar-refractivity contribution in [2.45, 2.75) is 20.3 Å². The SMILES string of the molecule is CCOC(=O)Cc1cccc(NC(=O)c2cc(C)c(-c3ccccc3)s2)c1. The number of esters is 1. The molecule has 3 rings (SSSR count). The molecule has 1 N–H and O–H groups in total. The van der Waals surface area contributed by atoms with Gasteiger partial charge < -0.3 is 10.1 Å². The molecule has 0 unspecified atom stereocenters. The first-order valence-corrected chi connectivity index (χ1v) is 9.60. The topological polar surface area (TPSA) is 55.4 Å². The number of nitrogens with one attached hydrogen (secondary N) is 1. The molecule has 0 saturated heterocycles. The minimum absolute atomic E-state index is 0.154. The van der Waals surface area contributed by atoms with E-state index in [0.29, 0.717) is 17.2 Å². The molecule has 0 fully saturated rings. The van der Waals surface area contributed by atoms with E-state index < -0.39 is 0 Å². The molecule has 3 aromatic rings. The van der Waals surface area contributed by atoms with Crippen molar-refractivity contribution in [3.63, 3.8) is 0 Å². The van der Waals surface area contributed by atoms with Gasteiger partial charge in [-0.1, -0.05) is 42.5 Å². The summed E-state index contributed by atoms with van der Waals surface area (Å²) in [6, 6.07) is 19.2. The van der Waals surface area contributed by atoms with Crippen molar-refractivity contribution >= 4 is 28.9 Å². The highest BCUT2D eigenvalue weighted by Gasteiger charge is 2.14. The molecule has 1 amide bonds. The molecule has 1 heterocycles. The number of hydrogen-bond donors (Lipinski definition) is 1. The van der Waals surface area contributed by atoms with Crippen molar-refractivity contribution < 1.29 is 14.3 Å². The van der Waals surface area contributed by atoms with E-state index >= 15 is 0 Å². The number of hydrogen-bond acceptors (Lipinski definition) is 4. The minimum atomic E-state index is -0.276. The lowest BCUT2D eigenvalue weighted by Gasteiger charge is -2.06. The summed E-state index contributed by atoms with van der Waals surface area (Å²) in [4.78, 5) is 26.0. The Morgan fingerprint density at radius 1 is 1.04 bits per heavy atom. The van der Waals surface area contributed by atoms with Crippen LogP contribution in [0.5, 0.6) is 0 Å². The summed E-state index contributed by atoms with van der Waals surface area (Å²) in [6.07, 6.45) is 0.188. The summed E-state index contributed by atoms with van der Waals surface area (Å²) in [5, 5.41) is 2.92. The van der Waals surface area contributed by atoms with Gasteiger partial charge >= 0.3 is 5.97 Å². The molecule has 27 heavy (non-hydrogen) atoms. The molecule has 0 aliphatic rings. The van der Waals surface area contributed by atoms with E-state index in [1.807, 2.05) is 61.5 Å². The van der Waals surface area contributed by atoms with Gasteiger partial charge in [0.1, 0.15) is 0 Å². The average molecular weight is 379 g/mol. The fourth-order valence-corrected chi connectivity index (χ4v) is 3.87. The Balaban J connectivity index is 1.74. The van der Waals surface area contributed by atoms with Crippen LogP contribution in [0, 0.1) is 6.92 Å². The molecule has 2 aromatic carbocycles. The third-order valence-corrected chi connectivity index (χ3v) is 5.30. The first kappa shape index (κ1) is 18.9. The zero-order valence-electron chi connectivity index (χ0n) is 15.3. The van der Waals surface area contributed by atoms with Crippen LogP contribution < -0.4 is 5.32 Å². The molecule has 0 spiro atoms. The van der Waals surface area contributed by atoms with Gasteiger partial charge in [-0.05, 0) is 48.7 Å². The largest absolute Gasteiger partial charge is 0.466 e. The fraction of sp³-hybridized carbons (Fsp3) is 0.182. The molecule has 0 aliphatic carbocycles. The maximum absolute atomic E-state index is 12.7. The number of rotatable bonds is 6. The van der Waals surface area contributed by atoms with Gasteiger partial charge in [0.2, 0.25) is 0 Å². The van der Waals surface area contributed by atoms with Crippen molar-refractivity contribution in [1.82, 2.24) is 0 Å². The van der Waals surface area contributed by atoms with E-state index in [0.717, 1.165) is 21.6 Å². The van der Waals surface area contributed by atoms with E-state index in [9.17, 15) is 9.59 Å². The lowest BCUT2D eigenvalue weighted by Crippen LogP contribution is -2.11. The van der Waals surface area contributed by atoms with Crippen LogP contribution in [0.4, 0.5) is 5.69 Å². The molecule has 0 saturated carbocycles. The molecular formula is C22H21NO3S. The third kappa shape index (κ3) is 4.83. The van der Waals surface area contributed by atoms with Crippen LogP contribution in [0.25, 0.3) is 10.4 Å². The van der Waals surface area contributed by atoms with Crippen LogP contribution in [-0.4, -0.2) is 18.5 Å². The highest BCUT2D eigenvalue weighted by Crippen LogP contribution is 2.32. The lowest BCUT2D eigenvalue weighted by atomic mass is 10.1. The summed E-state index contributed by atoms with van der Waals surface area (Å²) in [5.74, 6) is -0.430. The third-order valence-electron chi connectivity index (χ3n) is 4.02. The average Bonchev–Trinajstić information content (AvgIpc) is 3.05. The first-order valence-electron chi connectivity index (χ1n) is 8.78. The van der Waals surface area contributed by atoms with Gasteiger partial charge in [-0.2, -0.15) is 0 Å². The van der Waals surface area contributed by atoms with Gasteiger partial charge in [0.15, 0.2) is 0 Å². The van der Waals surface area contributed by atoms with Crippen LogP contribution in [0.1, 0.15) is 27.7 Å². The number of aryl methyl sites for hydroxylation is 1. The Hall–Kier alpha value is -2.92. The molecule has 138 valence electrons. The number of amides is 1. The Kier molecular flexibility index (Phi) is 6.04. The number of thiophene rings is 1. The predicted molar refractivity (Wildman–Crippen MR) is 109 cm³/mol. The van der Waals surface area contributed by atoms with Crippen LogP contribution in [0.15, 0.2) is 60.7 Å². The number of benzene rings is 2. The van der Waals surface area contributed by atoms with Gasteiger partial charge in [-0.15, -0.1) is 11.3 Å². The summed E-state index contributed by atoms with van der Waals surface area (Å²) >= 11 is 1.48. The van der Waals surface area contributed by atoms with E-state index in [2.05, 4.69) is 5.32 Å². The first-order chi connectivity index (χ1) is 13.1. The zero-order valence-corrected chi connectivity index (χ0v) is 16.1. The van der Waals surface area contributed by atoms with Crippen molar-refractivity contribution in [3.05, 3.63) is 76.7 Å². The van der Waals surface area contributed by atoms with Gasteiger partial charge in [-0.25, -0.2) is 0 Å². The number of carbonyl (C=O) groups is 2. The van der Waals surface area contributed by atoms with E-state index in [-0.39, 0.29) is 18.3 Å². The standard InChI is InChI=1S/C22H21NO3S/c1-3-26-20(24)14-16-8-7-11-18(13-16)23-22(25)19-12-15(2)21(27-19)17-9-5-4-6-10-17/h4-13H,3,14H2,1-2H3,(H,23,25). The van der Waals surface area contributed by atoms with Crippen LogP contribution >= 0.6 is 11.3 Å². The summed E-state index contributed by atoms with van der Waals surface area (Å²) in [6.45, 7) is 4.15. The predicted octanol–water partition coefficient (Wildman–Crippen LogP) is 5.08. The van der Waals surface area contributed by atoms with Crippen molar-refractivity contribution in [2.75, 3.05) is 11.9 Å². The number of anilines is 1. The van der Waals surface area contributed by atoms with Crippen molar-refractivity contribution in [2.24, 2.45) is 0 Å². The second-order valence-electron chi connectivity index (χ2n) is 6.13. The van der Waals surface area contributed by atoms with Crippen molar-refractivity contribution in [1.29, 1.82) is 0 Å². The molecular weight excluding hydrogens is 358 g/mol. The molecule has 0 bridgehead atoms. The van der Waals surface area contributed by atoms with Crippen LogP contribution in [0.2, 0.25) is 0 Å². The number of ether oxygens (including phenoxy) is 1. The van der Waals surface area contributed by atoms with Gasteiger partial charge in [0, 0.05) is 10.6 Å². The normalized spacial score (nSPS) is 10.4. The fourth-order valence-electron chi connectivity index (χ4n) is 2.80. The van der Waals surface area contributed by atoms with E-state index in [1.165, 1.54) is 11.3 Å². The van der Waals surface area contributed by atoms with Crippen molar-refractivity contribution in [3.8, 4) is 10.4 Å². The number of carbonyl (C=O) groups excluding carboxylic acids is 2. The molecule has 5 heteroatoms. The van der Waals surface area contributed by atoms with E-state index in [4.69, 9.17) is 4.74 Å². The van der Waals surface area contributed by atoms with Gasteiger partial charge in [0.25, 0.3) is 5.91 Å². The second kappa shape index (κ2) is 8.64. The molecule has 0 atom stereocenters. The highest BCUT2D eigenvalue weighted by atomic mass is 32.1. The molecule has 0 radical (unpaired) electrons. The highest BCUT2D eigenvalue weighted by molar-refractivity contribution is 7.17. The Morgan fingerprint density at radius 2 is 1.81 bits per heavy atom. The lowest BCUT2D eigenvalue weighted by molar-refractivity contribution is -0.142. The Morgan fingerprint density at radius 3 is 2.56 bits per heavy atom. The molecule has 4 nitrogen and oxygen atoms in total. The van der Waals surface area contributed by atoms with Crippen LogP contribution in [0.3, 0.4) is 0 Å². The van der Waals surface area contributed by atoms with Gasteiger partial charge in [0.05, 0.1) is 17.9 Å². The second-order valence-corrected chi connectivity index (χ2v) is 7.18. The maximum atomic E-state index is 12.7. The smallest absolute Gasteiger partial charge is 0.310 e. The van der Waals surface area contributed by atoms with E-state index in [1.54, 1.807) is 13.0 Å². The minimum Gasteiger partial charge on any atom is -0.466 e. The maximum Gasteiger partial charge on any atom is 0.310 e. The summed E-state index contributed by atoms with van der Waals surface area (Å²) < 4.78 is 4.97. The summed E-state index contributed by atoms with van der Waals surface area (Å²) in [5.41, 5.74) is 3.65. The van der Waals surface area contributed by atoms with Gasteiger partial charge in [-0.3, -0.25) is 9.59 Å². The zero-order chi connectivity index (χ0) is 19.2. The Labute approximate surface area is 162 Å². The monoisotopic (exact) mass is 379 g/mol. The van der Waals surface area contributed by atoms with Crippen LogP contribution in [-0.2, 0) is 16.0 Å². The summed E-state index contributed by atoms with van der Waals surface area (Å²) in [7, 11) is 0. The molecule has 0 aliphatic heterocycles. The quantitative estimate of drug-likeness (QED) is 0.608.